The van der Waals surface area contributed by atoms with Gasteiger partial charge in [0.25, 0.3) is 5.91 Å². The first-order valence-corrected chi connectivity index (χ1v) is 15.0. The lowest BCUT2D eigenvalue weighted by atomic mass is 9.88. The van der Waals surface area contributed by atoms with E-state index in [0.29, 0.717) is 34.0 Å². The lowest BCUT2D eigenvalue weighted by Crippen LogP contribution is -2.59. The molecule has 0 saturated carbocycles. The average molecular weight is 639 g/mol. The number of halogens is 2. The van der Waals surface area contributed by atoms with E-state index in [1.807, 2.05) is 19.1 Å². The molecule has 0 spiro atoms. The molecule has 0 radical (unpaired) electrons. The number of carbonyl (C=O) groups is 3. The Kier molecular flexibility index (Phi) is 11.4. The Hall–Kier alpha value is -3.94. The van der Waals surface area contributed by atoms with Crippen LogP contribution in [0.4, 0.5) is 0 Å². The summed E-state index contributed by atoms with van der Waals surface area (Å²) >= 11 is 12.4. The lowest BCUT2D eigenvalue weighted by molar-refractivity contribution is -0.181. The van der Waals surface area contributed by atoms with E-state index in [1.54, 1.807) is 65.6 Å². The molecule has 3 aromatic rings. The van der Waals surface area contributed by atoms with Gasteiger partial charge in [-0.2, -0.15) is 5.26 Å². The van der Waals surface area contributed by atoms with E-state index in [2.05, 4.69) is 11.4 Å². The molecule has 9 nitrogen and oxygen atoms in total. The van der Waals surface area contributed by atoms with Crippen LogP contribution in [-0.4, -0.2) is 57.7 Å². The molecule has 3 N–H and O–H groups in total. The van der Waals surface area contributed by atoms with Crippen molar-refractivity contribution in [3.63, 3.8) is 0 Å². The van der Waals surface area contributed by atoms with E-state index in [4.69, 9.17) is 33.0 Å². The summed E-state index contributed by atoms with van der Waals surface area (Å²) in [5.74, 6) is -2.24. The van der Waals surface area contributed by atoms with Crippen LogP contribution in [-0.2, 0) is 25.5 Å². The van der Waals surface area contributed by atoms with Crippen molar-refractivity contribution in [3.8, 4) is 6.07 Å². The predicted octanol–water partition coefficient (Wildman–Crippen LogP) is 5.24. The summed E-state index contributed by atoms with van der Waals surface area (Å²) < 4.78 is 6.60. The smallest absolute Gasteiger partial charge is 0.332 e. The molecule has 1 fully saturated rings. The quantitative estimate of drug-likeness (QED) is 0.247. The molecule has 0 bridgehead atoms. The molecular formula is C33H33Cl2N3O6. The van der Waals surface area contributed by atoms with Gasteiger partial charge in [0.15, 0.2) is 6.10 Å². The van der Waals surface area contributed by atoms with Crippen LogP contribution in [0.3, 0.4) is 0 Å². The molecule has 0 aromatic heterocycles. The first-order valence-electron chi connectivity index (χ1n) is 14.3. The molecule has 4 rings (SSSR count). The Bertz CT molecular complexity index is 1490. The van der Waals surface area contributed by atoms with Crippen molar-refractivity contribution in [2.45, 2.75) is 63.0 Å². The molecule has 0 unspecified atom stereocenters. The molecule has 2 amide bonds. The molecule has 1 saturated heterocycles. The molecule has 230 valence electrons. The summed E-state index contributed by atoms with van der Waals surface area (Å²) in [6.07, 6.45) is -2.39. The highest BCUT2D eigenvalue weighted by Gasteiger charge is 2.48. The van der Waals surface area contributed by atoms with E-state index in [0.717, 1.165) is 11.1 Å². The third-order valence-corrected chi connectivity index (χ3v) is 8.05. The van der Waals surface area contributed by atoms with E-state index in [9.17, 15) is 24.8 Å². The Morgan fingerprint density at radius 1 is 0.977 bits per heavy atom. The lowest BCUT2D eigenvalue weighted by Gasteiger charge is -2.47. The molecular weight excluding hydrogens is 605 g/mol. The summed E-state index contributed by atoms with van der Waals surface area (Å²) in [5, 5.41) is 31.7. The molecule has 11 heteroatoms. The Balaban J connectivity index is 1.79. The zero-order valence-electron chi connectivity index (χ0n) is 24.0. The van der Waals surface area contributed by atoms with Crippen molar-refractivity contribution in [2.75, 3.05) is 6.54 Å². The van der Waals surface area contributed by atoms with Crippen LogP contribution < -0.4 is 5.32 Å². The number of benzene rings is 3. The fourth-order valence-corrected chi connectivity index (χ4v) is 5.58. The zero-order valence-corrected chi connectivity index (χ0v) is 25.5. The monoisotopic (exact) mass is 637 g/mol. The number of aliphatic carboxylic acids is 1. The van der Waals surface area contributed by atoms with Crippen LogP contribution in [0.15, 0.2) is 72.8 Å². The number of ether oxygens (including phenoxy) is 1. The molecule has 1 aliphatic rings. The maximum Gasteiger partial charge on any atom is 0.332 e. The summed E-state index contributed by atoms with van der Waals surface area (Å²) in [5.41, 5.74) is 2.72. The van der Waals surface area contributed by atoms with Crippen molar-refractivity contribution < 1.29 is 29.3 Å². The fourth-order valence-electron chi connectivity index (χ4n) is 5.32. The van der Waals surface area contributed by atoms with Crippen molar-refractivity contribution >= 4 is 41.0 Å². The second-order valence-corrected chi connectivity index (χ2v) is 11.5. The molecule has 1 heterocycles. The van der Waals surface area contributed by atoms with Crippen LogP contribution in [0.25, 0.3) is 0 Å². The molecule has 44 heavy (non-hydrogen) atoms. The Morgan fingerprint density at radius 3 is 2.11 bits per heavy atom. The number of aliphatic hydroxyl groups is 1. The first-order chi connectivity index (χ1) is 21.1. The third-order valence-electron chi connectivity index (χ3n) is 7.54. The van der Waals surface area contributed by atoms with E-state index in [1.165, 1.54) is 0 Å². The van der Waals surface area contributed by atoms with Crippen LogP contribution in [0, 0.1) is 11.3 Å². The van der Waals surface area contributed by atoms with Gasteiger partial charge in [0.1, 0.15) is 18.2 Å². The van der Waals surface area contributed by atoms with Gasteiger partial charge in [0, 0.05) is 29.4 Å². The maximum absolute atomic E-state index is 14.4. The molecule has 1 aliphatic heterocycles. The fraction of sp³-hybridized carbons (Fsp3) is 0.333. The number of hydrogen-bond acceptors (Lipinski definition) is 6. The van der Waals surface area contributed by atoms with Gasteiger partial charge < -0.3 is 25.2 Å². The number of hydrogen-bond donors (Lipinski definition) is 3. The number of nitrogens with one attached hydrogen (secondary N) is 1. The van der Waals surface area contributed by atoms with Crippen molar-refractivity contribution in [2.24, 2.45) is 0 Å². The first kappa shape index (κ1) is 33.0. The number of nitriles is 1. The van der Waals surface area contributed by atoms with E-state index < -0.39 is 48.2 Å². The van der Waals surface area contributed by atoms with Gasteiger partial charge in [-0.3, -0.25) is 9.59 Å². The minimum atomic E-state index is -1.63. The SMILES string of the molecule is CCC[C@@H](C(=O)NCC[C@H](O)C(=O)O)N1C(=O)[C@@H](Cc2ccc(C#N)cc2)O[C@H](c2ccc(Cl)cc2)[C@@H]1c1ccc(Cl)cc1. The van der Waals surface area contributed by atoms with Gasteiger partial charge in [0.2, 0.25) is 5.91 Å². The van der Waals surface area contributed by atoms with Gasteiger partial charge >= 0.3 is 5.97 Å². The number of morpholine rings is 1. The average Bonchev–Trinajstić information content (AvgIpc) is 3.02. The number of carbonyl (C=O) groups excluding carboxylic acids is 2. The third kappa shape index (κ3) is 7.96. The summed E-state index contributed by atoms with van der Waals surface area (Å²) in [4.78, 5) is 40.8. The highest BCUT2D eigenvalue weighted by molar-refractivity contribution is 6.30. The highest BCUT2D eigenvalue weighted by Crippen LogP contribution is 2.44. The van der Waals surface area contributed by atoms with E-state index in [-0.39, 0.29) is 19.4 Å². The van der Waals surface area contributed by atoms with Crippen LogP contribution >= 0.6 is 23.2 Å². The molecule has 0 aliphatic carbocycles. The van der Waals surface area contributed by atoms with Crippen molar-refractivity contribution in [3.05, 3.63) is 105 Å². The van der Waals surface area contributed by atoms with Gasteiger partial charge in [-0.15, -0.1) is 0 Å². The second kappa shape index (κ2) is 15.2. The topological polar surface area (TPSA) is 140 Å². The summed E-state index contributed by atoms with van der Waals surface area (Å²) in [7, 11) is 0. The van der Waals surface area contributed by atoms with Crippen LogP contribution in [0.1, 0.15) is 60.6 Å². The number of nitrogens with zero attached hydrogens (tertiary/aromatic N) is 2. The Morgan fingerprint density at radius 2 is 1.57 bits per heavy atom. The predicted molar refractivity (Wildman–Crippen MR) is 165 cm³/mol. The number of aliphatic hydroxyl groups excluding tert-OH is 1. The molecule has 5 atom stereocenters. The van der Waals surface area contributed by atoms with Crippen LogP contribution in [0.5, 0.6) is 0 Å². The van der Waals surface area contributed by atoms with E-state index >= 15 is 0 Å². The largest absolute Gasteiger partial charge is 0.479 e. The maximum atomic E-state index is 14.4. The normalized spacial score (nSPS) is 19.6. The van der Waals surface area contributed by atoms with Crippen molar-refractivity contribution in [1.82, 2.24) is 10.2 Å². The summed E-state index contributed by atoms with van der Waals surface area (Å²) in [6.45, 7) is 1.81. The van der Waals surface area contributed by atoms with Crippen LogP contribution in [0.2, 0.25) is 10.0 Å². The number of carboxylic acids is 1. The van der Waals surface area contributed by atoms with Gasteiger partial charge in [-0.1, -0.05) is 72.9 Å². The zero-order chi connectivity index (χ0) is 31.8. The number of rotatable bonds is 12. The molecule has 3 aromatic carbocycles. The van der Waals surface area contributed by atoms with Crippen molar-refractivity contribution in [1.29, 1.82) is 5.26 Å². The minimum absolute atomic E-state index is 0.0913. The Labute approximate surface area is 266 Å². The standard InChI is InChI=1S/C33H33Cl2N3O6/c1-2-3-26(31(40)37-17-16-27(39)33(42)43)38-29(22-8-12-24(34)13-9-22)30(23-10-14-25(35)15-11-23)44-28(32(38)41)18-20-4-6-21(19-36)7-5-20/h4-15,26-30,39H,2-3,16-18H2,1H3,(H,37,40)(H,42,43)/t26-,27-,28+,29-,30+/m0/s1. The minimum Gasteiger partial charge on any atom is -0.479 e. The second-order valence-electron chi connectivity index (χ2n) is 10.6. The highest BCUT2D eigenvalue weighted by atomic mass is 35.5. The number of carboxylic acid groups (broad SMARTS) is 1. The van der Waals surface area contributed by atoms with Gasteiger partial charge in [-0.05, 0) is 59.5 Å². The van der Waals surface area contributed by atoms with Gasteiger partial charge in [-0.25, -0.2) is 4.79 Å². The van der Waals surface area contributed by atoms with Gasteiger partial charge in [0.05, 0.1) is 17.7 Å². The number of amides is 2. The summed E-state index contributed by atoms with van der Waals surface area (Å²) in [6, 6.07) is 21.4.